The normalized spacial score (nSPS) is 15.6. The van der Waals surface area contributed by atoms with Crippen LogP contribution in [0, 0.1) is 12.7 Å². The summed E-state index contributed by atoms with van der Waals surface area (Å²) in [6, 6.07) is 20.0. The molecule has 2 aromatic carbocycles. The van der Waals surface area contributed by atoms with E-state index in [9.17, 15) is 9.18 Å². The Hall–Kier alpha value is -3.41. The van der Waals surface area contributed by atoms with E-state index in [0.717, 1.165) is 36.8 Å². The molecule has 0 spiro atoms. The maximum Gasteiger partial charge on any atom is 0.316 e. The van der Waals surface area contributed by atoms with Gasteiger partial charge in [0.05, 0.1) is 12.8 Å². The fourth-order valence-electron chi connectivity index (χ4n) is 4.66. The van der Waals surface area contributed by atoms with Crippen LogP contribution in [0.5, 0.6) is 5.88 Å². The number of nitrogens with one attached hydrogen (secondary N) is 2. The second-order valence-electron chi connectivity index (χ2n) is 8.73. The lowest BCUT2D eigenvalue weighted by Gasteiger charge is -2.36. The summed E-state index contributed by atoms with van der Waals surface area (Å²) in [6.07, 6.45) is 4.56. The molecule has 33 heavy (non-hydrogen) atoms. The minimum atomic E-state index is -1.11. The molecule has 172 valence electrons. The van der Waals surface area contributed by atoms with E-state index in [4.69, 9.17) is 9.72 Å². The Morgan fingerprint density at radius 2 is 1.85 bits per heavy atom. The van der Waals surface area contributed by atoms with Crippen LogP contribution in [-0.2, 0) is 12.0 Å². The van der Waals surface area contributed by atoms with E-state index >= 15 is 0 Å². The molecule has 4 rings (SSSR count). The van der Waals surface area contributed by atoms with Gasteiger partial charge in [0.15, 0.2) is 0 Å². The molecular weight excluding hydrogens is 417 g/mol. The smallest absolute Gasteiger partial charge is 0.316 e. The van der Waals surface area contributed by atoms with Gasteiger partial charge in [0, 0.05) is 18.5 Å². The molecular formula is C27H30FN3O2. The van der Waals surface area contributed by atoms with Crippen molar-refractivity contribution >= 4 is 6.03 Å². The van der Waals surface area contributed by atoms with Gasteiger partial charge in [-0.05, 0) is 54.7 Å². The third-order valence-corrected chi connectivity index (χ3v) is 6.23. The summed E-state index contributed by atoms with van der Waals surface area (Å²) >= 11 is 0. The Balaban J connectivity index is 1.86. The molecule has 3 aromatic rings. The number of hydrogen-bond donors (Lipinski definition) is 2. The Labute approximate surface area is 194 Å². The molecule has 1 saturated carbocycles. The van der Waals surface area contributed by atoms with E-state index in [0.29, 0.717) is 23.6 Å². The van der Waals surface area contributed by atoms with Crippen LogP contribution in [0.3, 0.4) is 0 Å². The van der Waals surface area contributed by atoms with Crippen LogP contribution in [-0.4, -0.2) is 24.2 Å². The third kappa shape index (κ3) is 5.33. The average Bonchev–Trinajstić information content (AvgIpc) is 3.31. The molecule has 1 aromatic heterocycles. The van der Waals surface area contributed by atoms with Gasteiger partial charge < -0.3 is 15.4 Å². The lowest BCUT2D eigenvalue weighted by atomic mass is 9.80. The highest BCUT2D eigenvalue weighted by molar-refractivity contribution is 5.76. The first-order valence-corrected chi connectivity index (χ1v) is 11.4. The van der Waals surface area contributed by atoms with E-state index in [2.05, 4.69) is 10.6 Å². The molecule has 1 aliphatic rings. The highest BCUT2D eigenvalue weighted by atomic mass is 19.1. The van der Waals surface area contributed by atoms with Crippen LogP contribution >= 0.6 is 0 Å². The second-order valence-corrected chi connectivity index (χ2v) is 8.73. The fourth-order valence-corrected chi connectivity index (χ4v) is 4.66. The van der Waals surface area contributed by atoms with Gasteiger partial charge in [0.2, 0.25) is 5.88 Å². The van der Waals surface area contributed by atoms with Crippen molar-refractivity contribution in [2.75, 3.05) is 7.11 Å². The topological polar surface area (TPSA) is 63.2 Å². The summed E-state index contributed by atoms with van der Waals surface area (Å²) < 4.78 is 20.0. The maximum absolute atomic E-state index is 14.6. The van der Waals surface area contributed by atoms with E-state index in [1.54, 1.807) is 13.2 Å². The summed E-state index contributed by atoms with van der Waals surface area (Å²) in [5.74, 6) is 0.0689. The Morgan fingerprint density at radius 1 is 1.09 bits per heavy atom. The molecule has 1 heterocycles. The van der Waals surface area contributed by atoms with Crippen molar-refractivity contribution in [3.63, 3.8) is 0 Å². The van der Waals surface area contributed by atoms with Crippen LogP contribution in [0.25, 0.3) is 0 Å². The van der Waals surface area contributed by atoms with Gasteiger partial charge in [-0.15, -0.1) is 0 Å². The van der Waals surface area contributed by atoms with Crippen LogP contribution in [0.15, 0.2) is 66.7 Å². The molecule has 2 amide bonds. The predicted molar refractivity (Wildman–Crippen MR) is 127 cm³/mol. The summed E-state index contributed by atoms with van der Waals surface area (Å²) in [4.78, 5) is 18.0. The van der Waals surface area contributed by atoms with Crippen LogP contribution < -0.4 is 15.4 Å². The zero-order valence-electron chi connectivity index (χ0n) is 19.1. The lowest BCUT2D eigenvalue weighted by molar-refractivity contribution is 0.225. The second kappa shape index (κ2) is 10.0. The van der Waals surface area contributed by atoms with Crippen molar-refractivity contribution < 1.29 is 13.9 Å². The van der Waals surface area contributed by atoms with Crippen molar-refractivity contribution in [2.24, 2.45) is 0 Å². The lowest BCUT2D eigenvalue weighted by Crippen LogP contribution is -2.54. The number of aromatic nitrogens is 1. The Morgan fingerprint density at radius 3 is 2.55 bits per heavy atom. The van der Waals surface area contributed by atoms with E-state index in [-0.39, 0.29) is 17.9 Å². The number of urea groups is 1. The number of aryl methyl sites for hydroxylation is 1. The van der Waals surface area contributed by atoms with Gasteiger partial charge in [0.1, 0.15) is 11.4 Å². The van der Waals surface area contributed by atoms with Gasteiger partial charge in [0.25, 0.3) is 0 Å². The number of amides is 2. The molecule has 0 aliphatic heterocycles. The van der Waals surface area contributed by atoms with Crippen LogP contribution in [0.2, 0.25) is 0 Å². The molecule has 1 aliphatic carbocycles. The van der Waals surface area contributed by atoms with Crippen LogP contribution in [0.1, 0.15) is 48.1 Å². The van der Waals surface area contributed by atoms with Crippen molar-refractivity contribution in [1.29, 1.82) is 0 Å². The quantitative estimate of drug-likeness (QED) is 0.519. The number of hydrogen-bond acceptors (Lipinski definition) is 3. The number of nitrogens with zero attached hydrogens (tertiary/aromatic N) is 1. The zero-order chi connectivity index (χ0) is 23.3. The summed E-state index contributed by atoms with van der Waals surface area (Å²) in [5.41, 5.74) is 1.86. The molecule has 1 fully saturated rings. The fraction of sp³-hybridized carbons (Fsp3) is 0.333. The minimum absolute atomic E-state index is 0.145. The largest absolute Gasteiger partial charge is 0.481 e. The number of rotatable bonds is 7. The minimum Gasteiger partial charge on any atom is -0.481 e. The van der Waals surface area contributed by atoms with Gasteiger partial charge in [-0.1, -0.05) is 55.3 Å². The molecule has 0 saturated heterocycles. The van der Waals surface area contributed by atoms with Crippen molar-refractivity contribution in [3.8, 4) is 5.88 Å². The Bertz CT molecular complexity index is 1080. The van der Waals surface area contributed by atoms with E-state index in [1.807, 2.05) is 55.5 Å². The number of benzene rings is 2. The van der Waals surface area contributed by atoms with Crippen molar-refractivity contribution in [3.05, 3.63) is 94.9 Å². The summed E-state index contributed by atoms with van der Waals surface area (Å²) in [6.45, 7) is 1.84. The molecule has 0 bridgehead atoms. The highest BCUT2D eigenvalue weighted by Crippen LogP contribution is 2.35. The number of pyridine rings is 1. The summed E-state index contributed by atoms with van der Waals surface area (Å²) in [7, 11) is 1.55. The van der Waals surface area contributed by atoms with Gasteiger partial charge in [-0.3, -0.25) is 0 Å². The van der Waals surface area contributed by atoms with Crippen LogP contribution in [0.4, 0.5) is 9.18 Å². The van der Waals surface area contributed by atoms with Crippen molar-refractivity contribution in [2.45, 2.75) is 50.6 Å². The Kier molecular flexibility index (Phi) is 6.92. The maximum atomic E-state index is 14.6. The highest BCUT2D eigenvalue weighted by Gasteiger charge is 2.39. The number of carbonyl (C=O) groups is 1. The van der Waals surface area contributed by atoms with Gasteiger partial charge in [-0.2, -0.15) is 0 Å². The van der Waals surface area contributed by atoms with Gasteiger partial charge in [-0.25, -0.2) is 14.2 Å². The van der Waals surface area contributed by atoms with Crippen molar-refractivity contribution in [1.82, 2.24) is 15.6 Å². The first kappa shape index (κ1) is 22.8. The third-order valence-electron chi connectivity index (χ3n) is 6.23. The molecule has 1 unspecified atom stereocenters. The average molecular weight is 448 g/mol. The van der Waals surface area contributed by atoms with E-state index < -0.39 is 5.54 Å². The molecule has 2 N–H and O–H groups in total. The molecule has 5 nitrogen and oxygen atoms in total. The first-order chi connectivity index (χ1) is 16.0. The van der Waals surface area contributed by atoms with Gasteiger partial charge >= 0.3 is 6.03 Å². The molecule has 1 atom stereocenters. The number of methoxy groups -OCH3 is 1. The zero-order valence-corrected chi connectivity index (χ0v) is 19.1. The predicted octanol–water partition coefficient (Wildman–Crippen LogP) is 5.27. The first-order valence-electron chi connectivity index (χ1n) is 11.4. The molecule has 0 radical (unpaired) electrons. The number of carbonyl (C=O) groups excluding carboxylic acids is 1. The monoisotopic (exact) mass is 447 g/mol. The summed E-state index contributed by atoms with van der Waals surface area (Å²) in [5, 5.41) is 6.32. The standard InChI is InChI=1S/C27H30FN3O2/c1-19-15-21(17-22(28)16-19)27(18-20-9-4-3-5-10-20,24-13-8-14-25(30-24)33-2)31-26(32)29-23-11-6-7-12-23/h3-5,8-10,13-17,23H,6-7,11-12,18H2,1-2H3,(H2,29,31,32). The number of ether oxygens (including phenoxy) is 1. The molecule has 6 heteroatoms. The van der Waals surface area contributed by atoms with E-state index in [1.165, 1.54) is 12.1 Å². The SMILES string of the molecule is COc1cccc(C(Cc2ccccc2)(NC(=O)NC2CCCC2)c2cc(C)cc(F)c2)n1. The number of halogens is 1.